The molecule has 2 aromatic rings. The number of thiophene rings is 1. The van der Waals surface area contributed by atoms with Crippen LogP contribution in [0, 0.1) is 6.92 Å². The summed E-state index contributed by atoms with van der Waals surface area (Å²) in [4.78, 5) is 10.7. The minimum atomic E-state index is 0.202. The minimum absolute atomic E-state index is 0.202. The normalized spacial score (nSPS) is 23.7. The fourth-order valence-corrected chi connectivity index (χ4v) is 3.32. The van der Waals surface area contributed by atoms with Gasteiger partial charge >= 0.3 is 0 Å². The number of nitrogens with zero attached hydrogens (tertiary/aromatic N) is 2. The second-order valence-electron chi connectivity index (χ2n) is 4.53. The van der Waals surface area contributed by atoms with Crippen LogP contribution in [-0.4, -0.2) is 28.7 Å². The van der Waals surface area contributed by atoms with Gasteiger partial charge in [-0.2, -0.15) is 0 Å². The largest absolute Gasteiger partial charge is 0.376 e. The Bertz CT molecular complexity index is 586. The molecule has 1 saturated heterocycles. The van der Waals surface area contributed by atoms with E-state index in [1.165, 1.54) is 4.88 Å². The zero-order valence-corrected chi connectivity index (χ0v) is 11.8. The molecule has 0 aromatic carbocycles. The number of aryl methyl sites for hydroxylation is 1. The van der Waals surface area contributed by atoms with Crippen molar-refractivity contribution in [3.63, 3.8) is 0 Å². The van der Waals surface area contributed by atoms with Gasteiger partial charge in [-0.15, -0.1) is 11.3 Å². The summed E-state index contributed by atoms with van der Waals surface area (Å²) in [6.45, 7) is 4.93. The van der Waals surface area contributed by atoms with Gasteiger partial charge in [0.25, 0.3) is 0 Å². The summed E-state index contributed by atoms with van der Waals surface area (Å²) in [5, 5.41) is 4.77. The van der Waals surface area contributed by atoms with Crippen molar-refractivity contribution in [2.24, 2.45) is 0 Å². The molecular weight excluding hydrogens is 270 g/mol. The molecule has 0 aliphatic carbocycles. The molecule has 3 heterocycles. The Labute approximate surface area is 114 Å². The van der Waals surface area contributed by atoms with E-state index in [4.69, 9.17) is 16.3 Å². The van der Waals surface area contributed by atoms with Gasteiger partial charge < -0.3 is 10.1 Å². The van der Waals surface area contributed by atoms with Crippen LogP contribution in [0.15, 0.2) is 6.07 Å². The second-order valence-corrected chi connectivity index (χ2v) is 6.11. The maximum Gasteiger partial charge on any atom is 0.225 e. The van der Waals surface area contributed by atoms with E-state index in [1.807, 2.05) is 0 Å². The highest BCUT2D eigenvalue weighted by atomic mass is 35.5. The van der Waals surface area contributed by atoms with Crippen LogP contribution in [0.2, 0.25) is 5.28 Å². The summed E-state index contributed by atoms with van der Waals surface area (Å²) in [5.74, 6) is 0.816. The number of aromatic nitrogens is 2. The van der Waals surface area contributed by atoms with Crippen molar-refractivity contribution >= 4 is 39.0 Å². The summed E-state index contributed by atoms with van der Waals surface area (Å²) in [6, 6.07) is 2.39. The quantitative estimate of drug-likeness (QED) is 0.860. The molecule has 3 rings (SSSR count). The SMILES string of the molecule is Cc1cc2c(NC3CCOC3C)nc(Cl)nc2s1. The summed E-state index contributed by atoms with van der Waals surface area (Å²) >= 11 is 7.60. The Balaban J connectivity index is 1.99. The zero-order valence-electron chi connectivity index (χ0n) is 10.2. The number of fused-ring (bicyclic) bond motifs is 1. The van der Waals surface area contributed by atoms with E-state index < -0.39 is 0 Å². The second kappa shape index (κ2) is 4.64. The van der Waals surface area contributed by atoms with Crippen molar-refractivity contribution in [1.82, 2.24) is 9.97 Å². The van der Waals surface area contributed by atoms with Gasteiger partial charge in [-0.3, -0.25) is 0 Å². The van der Waals surface area contributed by atoms with Crippen molar-refractivity contribution < 1.29 is 4.74 Å². The van der Waals surface area contributed by atoms with Crippen LogP contribution in [0.4, 0.5) is 5.82 Å². The third-order valence-electron chi connectivity index (χ3n) is 3.19. The van der Waals surface area contributed by atoms with Crippen LogP contribution in [0.3, 0.4) is 0 Å². The van der Waals surface area contributed by atoms with Crippen LogP contribution in [0.25, 0.3) is 10.2 Å². The molecule has 6 heteroatoms. The maximum absolute atomic E-state index is 5.97. The van der Waals surface area contributed by atoms with Crippen molar-refractivity contribution in [2.75, 3.05) is 11.9 Å². The number of anilines is 1. The molecule has 1 aliphatic heterocycles. The lowest BCUT2D eigenvalue weighted by atomic mass is 10.1. The summed E-state index contributed by atoms with van der Waals surface area (Å²) < 4.78 is 5.55. The number of halogens is 1. The molecule has 0 saturated carbocycles. The van der Waals surface area contributed by atoms with E-state index in [2.05, 4.69) is 35.2 Å². The molecule has 0 radical (unpaired) electrons. The van der Waals surface area contributed by atoms with Gasteiger partial charge in [-0.25, -0.2) is 9.97 Å². The fourth-order valence-electron chi connectivity index (χ4n) is 2.22. The van der Waals surface area contributed by atoms with Crippen LogP contribution < -0.4 is 5.32 Å². The number of hydrogen-bond acceptors (Lipinski definition) is 5. The first-order chi connectivity index (χ1) is 8.63. The Morgan fingerprint density at radius 3 is 3.06 bits per heavy atom. The maximum atomic E-state index is 5.97. The fraction of sp³-hybridized carbons (Fsp3) is 0.500. The van der Waals surface area contributed by atoms with Crippen LogP contribution in [0.5, 0.6) is 0 Å². The molecule has 1 fully saturated rings. The van der Waals surface area contributed by atoms with E-state index in [0.29, 0.717) is 11.3 Å². The minimum Gasteiger partial charge on any atom is -0.376 e. The van der Waals surface area contributed by atoms with E-state index in [1.54, 1.807) is 11.3 Å². The first kappa shape index (κ1) is 12.1. The van der Waals surface area contributed by atoms with Crippen LogP contribution in [-0.2, 0) is 4.74 Å². The average Bonchev–Trinajstić information content (AvgIpc) is 2.85. The highest BCUT2D eigenvalue weighted by molar-refractivity contribution is 7.18. The Kier molecular flexibility index (Phi) is 3.13. The third kappa shape index (κ3) is 2.18. The number of hydrogen-bond donors (Lipinski definition) is 1. The number of rotatable bonds is 2. The van der Waals surface area contributed by atoms with Crippen LogP contribution in [0.1, 0.15) is 18.2 Å². The highest BCUT2D eigenvalue weighted by Gasteiger charge is 2.25. The molecule has 0 amide bonds. The number of ether oxygens (including phenoxy) is 1. The van der Waals surface area contributed by atoms with Gasteiger partial charge in [0, 0.05) is 11.5 Å². The monoisotopic (exact) mass is 283 g/mol. The molecule has 0 spiro atoms. The molecule has 18 heavy (non-hydrogen) atoms. The molecular formula is C12H14ClN3OS. The summed E-state index contributed by atoms with van der Waals surface area (Å²) in [7, 11) is 0. The summed E-state index contributed by atoms with van der Waals surface area (Å²) in [5.41, 5.74) is 0. The molecule has 4 nitrogen and oxygen atoms in total. The van der Waals surface area contributed by atoms with Gasteiger partial charge in [-0.1, -0.05) is 0 Å². The molecule has 96 valence electrons. The molecule has 1 N–H and O–H groups in total. The third-order valence-corrected chi connectivity index (χ3v) is 4.30. The van der Waals surface area contributed by atoms with Gasteiger partial charge in [-0.05, 0) is 37.9 Å². The molecule has 2 aromatic heterocycles. The zero-order chi connectivity index (χ0) is 12.7. The standard InChI is InChI=1S/C12H14ClN3OS/c1-6-5-8-10(14-9-3-4-17-7(9)2)15-12(13)16-11(8)18-6/h5,7,9H,3-4H2,1-2H3,(H,14,15,16). The topological polar surface area (TPSA) is 47.0 Å². The molecule has 2 unspecified atom stereocenters. The predicted octanol–water partition coefficient (Wildman–Crippen LogP) is 3.24. The van der Waals surface area contributed by atoms with Gasteiger partial charge in [0.2, 0.25) is 5.28 Å². The molecule has 2 atom stereocenters. The van der Waals surface area contributed by atoms with Crippen molar-refractivity contribution in [3.05, 3.63) is 16.2 Å². The molecule has 0 bridgehead atoms. The predicted molar refractivity (Wildman–Crippen MR) is 74.6 cm³/mol. The highest BCUT2D eigenvalue weighted by Crippen LogP contribution is 2.31. The van der Waals surface area contributed by atoms with Crippen molar-refractivity contribution in [3.8, 4) is 0 Å². The van der Waals surface area contributed by atoms with Gasteiger partial charge in [0.05, 0.1) is 17.5 Å². The van der Waals surface area contributed by atoms with Gasteiger partial charge in [0.1, 0.15) is 10.6 Å². The Hall–Kier alpha value is -0.910. The molecule has 1 aliphatic rings. The van der Waals surface area contributed by atoms with Crippen molar-refractivity contribution in [2.45, 2.75) is 32.4 Å². The van der Waals surface area contributed by atoms with Crippen molar-refractivity contribution in [1.29, 1.82) is 0 Å². The Morgan fingerprint density at radius 1 is 1.50 bits per heavy atom. The van der Waals surface area contributed by atoms with E-state index in [9.17, 15) is 0 Å². The van der Waals surface area contributed by atoms with E-state index in [-0.39, 0.29) is 6.10 Å². The van der Waals surface area contributed by atoms with E-state index >= 15 is 0 Å². The first-order valence-corrected chi connectivity index (χ1v) is 7.15. The van der Waals surface area contributed by atoms with Crippen LogP contribution >= 0.6 is 22.9 Å². The van der Waals surface area contributed by atoms with Gasteiger partial charge in [0.15, 0.2) is 0 Å². The average molecular weight is 284 g/mol. The number of nitrogens with one attached hydrogen (secondary N) is 1. The lowest BCUT2D eigenvalue weighted by Crippen LogP contribution is -2.27. The smallest absolute Gasteiger partial charge is 0.225 e. The first-order valence-electron chi connectivity index (χ1n) is 5.95. The lowest BCUT2D eigenvalue weighted by molar-refractivity contribution is 0.121. The Morgan fingerprint density at radius 2 is 2.33 bits per heavy atom. The lowest BCUT2D eigenvalue weighted by Gasteiger charge is -2.17. The summed E-state index contributed by atoms with van der Waals surface area (Å²) in [6.07, 6.45) is 1.20. The van der Waals surface area contributed by atoms with E-state index in [0.717, 1.165) is 29.1 Å².